The molecule has 0 aliphatic carbocycles. The van der Waals surface area contributed by atoms with Crippen LogP contribution < -0.4 is 0 Å². The molecule has 1 atom stereocenters. The van der Waals surface area contributed by atoms with Crippen molar-refractivity contribution in [2.75, 3.05) is 0 Å². The molecule has 0 nitrogen and oxygen atoms in total. The molecule has 0 saturated heterocycles. The molecule has 17 heavy (non-hydrogen) atoms. The fourth-order valence-electron chi connectivity index (χ4n) is 1.38. The minimum atomic E-state index is -0.404. The summed E-state index contributed by atoms with van der Waals surface area (Å²) in [7, 11) is 0. The van der Waals surface area contributed by atoms with E-state index in [2.05, 4.69) is 47.8 Å². The van der Waals surface area contributed by atoms with Gasteiger partial charge in [0.1, 0.15) is 5.82 Å². The lowest BCUT2D eigenvalue weighted by Gasteiger charge is -2.10. The number of hydrogen-bond donors (Lipinski definition) is 0. The number of alkyl halides is 1. The van der Waals surface area contributed by atoms with Crippen molar-refractivity contribution in [1.82, 2.24) is 0 Å². The maximum Gasteiger partial charge on any atom is 0.142 e. The molecule has 1 heterocycles. The van der Waals surface area contributed by atoms with Gasteiger partial charge in [0, 0.05) is 0 Å². The summed E-state index contributed by atoms with van der Waals surface area (Å²) in [6.45, 7) is 0. The molecule has 1 aromatic carbocycles. The minimum Gasteiger partial charge on any atom is -0.205 e. The largest absolute Gasteiger partial charge is 0.205 e. The van der Waals surface area contributed by atoms with Gasteiger partial charge in [-0.15, -0.1) is 11.3 Å². The molecule has 0 N–H and O–H groups in total. The van der Waals surface area contributed by atoms with Gasteiger partial charge in [0.15, 0.2) is 0 Å². The summed E-state index contributed by atoms with van der Waals surface area (Å²) < 4.78 is 15.4. The monoisotopic (exact) mass is 460 g/mol. The summed E-state index contributed by atoms with van der Waals surface area (Å²) in [5.41, 5.74) is 1.89. The summed E-state index contributed by atoms with van der Waals surface area (Å²) in [6, 6.07) is 6.82. The summed E-state index contributed by atoms with van der Waals surface area (Å²) in [4.78, 5) is -0.0637. The quantitative estimate of drug-likeness (QED) is 0.443. The van der Waals surface area contributed by atoms with Crippen LogP contribution >= 0.6 is 70.7 Å². The lowest BCUT2D eigenvalue weighted by atomic mass is 10.1. The Morgan fingerprint density at radius 1 is 1.24 bits per heavy atom. The van der Waals surface area contributed by atoms with Crippen LogP contribution in [0.5, 0.6) is 0 Å². The molecule has 0 saturated carbocycles. The molecule has 90 valence electrons. The number of rotatable bonds is 2. The van der Waals surface area contributed by atoms with E-state index in [9.17, 15) is 4.39 Å². The molecule has 0 fully saturated rings. The van der Waals surface area contributed by atoms with Crippen molar-refractivity contribution in [3.63, 3.8) is 0 Å². The third kappa shape index (κ3) is 3.13. The van der Waals surface area contributed by atoms with Crippen molar-refractivity contribution in [1.29, 1.82) is 0 Å². The van der Waals surface area contributed by atoms with Gasteiger partial charge < -0.3 is 0 Å². The fraction of sp³-hybridized carbons (Fsp3) is 0.0909. The number of halogens is 5. The van der Waals surface area contributed by atoms with Crippen molar-refractivity contribution < 1.29 is 4.39 Å². The second-order valence-corrected chi connectivity index (χ2v) is 8.39. The smallest absolute Gasteiger partial charge is 0.142 e. The molecule has 0 spiro atoms. The first kappa shape index (κ1) is 14.0. The van der Waals surface area contributed by atoms with Crippen molar-refractivity contribution in [3.05, 3.63) is 53.8 Å². The van der Waals surface area contributed by atoms with Crippen LogP contribution in [-0.4, -0.2) is 0 Å². The van der Waals surface area contributed by atoms with Gasteiger partial charge in [0.05, 0.1) is 17.4 Å². The molecular formula is C11H5Br3ClFS. The highest BCUT2D eigenvalue weighted by atomic mass is 79.9. The summed E-state index contributed by atoms with van der Waals surface area (Å²) in [5, 5.41) is 0.138. The second-order valence-electron chi connectivity index (χ2n) is 3.32. The zero-order chi connectivity index (χ0) is 12.6. The van der Waals surface area contributed by atoms with Gasteiger partial charge in [-0.25, -0.2) is 4.39 Å². The van der Waals surface area contributed by atoms with E-state index in [1.165, 1.54) is 6.07 Å². The van der Waals surface area contributed by atoms with Gasteiger partial charge in [0.2, 0.25) is 0 Å². The van der Waals surface area contributed by atoms with E-state index >= 15 is 0 Å². The molecule has 0 radical (unpaired) electrons. The zero-order valence-electron chi connectivity index (χ0n) is 8.18. The average Bonchev–Trinajstić information content (AvgIpc) is 2.61. The Balaban J connectivity index is 2.40. The first-order chi connectivity index (χ1) is 7.99. The van der Waals surface area contributed by atoms with Crippen LogP contribution in [0, 0.1) is 5.82 Å². The third-order valence-corrected chi connectivity index (χ3v) is 5.91. The Morgan fingerprint density at radius 2 is 1.94 bits per heavy atom. The summed E-state index contributed by atoms with van der Waals surface area (Å²) in [5.74, 6) is -0.404. The lowest BCUT2D eigenvalue weighted by molar-refractivity contribution is 0.626. The molecule has 0 amide bonds. The molecule has 2 aromatic rings. The Kier molecular flexibility index (Phi) is 4.69. The van der Waals surface area contributed by atoms with Gasteiger partial charge in [-0.3, -0.25) is 0 Å². The first-order valence-corrected chi connectivity index (χ1v) is 8.22. The molecule has 1 unspecified atom stereocenters. The van der Waals surface area contributed by atoms with E-state index in [0.717, 1.165) is 18.7 Å². The summed E-state index contributed by atoms with van der Waals surface area (Å²) >= 11 is 17.7. The van der Waals surface area contributed by atoms with Crippen LogP contribution in [0.2, 0.25) is 5.02 Å². The highest BCUT2D eigenvalue weighted by molar-refractivity contribution is 9.12. The SMILES string of the molecule is Fc1cc(C(Br)c2cc(Br)sc2Br)ccc1Cl. The van der Waals surface area contributed by atoms with Crippen molar-refractivity contribution in [2.45, 2.75) is 4.83 Å². The molecule has 0 aliphatic rings. The van der Waals surface area contributed by atoms with Gasteiger partial charge >= 0.3 is 0 Å². The molecule has 0 bridgehead atoms. The van der Waals surface area contributed by atoms with E-state index < -0.39 is 5.82 Å². The number of hydrogen-bond acceptors (Lipinski definition) is 1. The van der Waals surface area contributed by atoms with E-state index in [1.54, 1.807) is 17.4 Å². The highest BCUT2D eigenvalue weighted by Crippen LogP contribution is 2.42. The Bertz CT molecular complexity index is 556. The molecule has 2 rings (SSSR count). The summed E-state index contributed by atoms with van der Waals surface area (Å²) in [6.07, 6.45) is 0. The maximum atomic E-state index is 13.4. The van der Waals surface area contributed by atoms with Gasteiger partial charge in [-0.1, -0.05) is 33.6 Å². The first-order valence-electron chi connectivity index (χ1n) is 4.53. The molecule has 0 aliphatic heterocycles. The average molecular weight is 463 g/mol. The van der Waals surface area contributed by atoms with Crippen molar-refractivity contribution in [2.24, 2.45) is 0 Å². The van der Waals surface area contributed by atoms with Crippen LogP contribution in [0.15, 0.2) is 31.8 Å². The molecule has 1 aromatic heterocycles. The van der Waals surface area contributed by atoms with E-state index in [-0.39, 0.29) is 9.85 Å². The van der Waals surface area contributed by atoms with Gasteiger partial charge in [0.25, 0.3) is 0 Å². The van der Waals surface area contributed by atoms with Crippen molar-refractivity contribution in [3.8, 4) is 0 Å². The molecular weight excluding hydrogens is 458 g/mol. The highest BCUT2D eigenvalue weighted by Gasteiger charge is 2.17. The Hall–Kier alpha value is 0.580. The van der Waals surface area contributed by atoms with Crippen LogP contribution in [0.3, 0.4) is 0 Å². The lowest BCUT2D eigenvalue weighted by Crippen LogP contribution is -1.92. The van der Waals surface area contributed by atoms with Crippen LogP contribution in [-0.2, 0) is 0 Å². The van der Waals surface area contributed by atoms with Crippen LogP contribution in [0.25, 0.3) is 0 Å². The molecule has 6 heteroatoms. The second kappa shape index (κ2) is 5.70. The van der Waals surface area contributed by atoms with E-state index in [0.29, 0.717) is 0 Å². The van der Waals surface area contributed by atoms with Gasteiger partial charge in [-0.2, -0.15) is 0 Å². The van der Waals surface area contributed by atoms with Crippen LogP contribution in [0.4, 0.5) is 4.39 Å². The number of thiophene rings is 1. The predicted molar refractivity (Wildman–Crippen MR) is 81.9 cm³/mol. The standard InChI is InChI=1S/C11H5Br3ClFS/c12-9-4-6(11(14)17-9)10(13)5-1-2-7(15)8(16)3-5/h1-4,10H. The Morgan fingerprint density at radius 3 is 2.47 bits per heavy atom. The fourth-order valence-corrected chi connectivity index (χ4v) is 5.50. The topological polar surface area (TPSA) is 0 Å². The van der Waals surface area contributed by atoms with Gasteiger partial charge in [-0.05, 0) is 61.2 Å². The Labute approximate surface area is 133 Å². The predicted octanol–water partition coefficient (Wildman–Crippen LogP) is 6.55. The van der Waals surface area contributed by atoms with Crippen LogP contribution in [0.1, 0.15) is 16.0 Å². The van der Waals surface area contributed by atoms with E-state index in [1.807, 2.05) is 12.1 Å². The van der Waals surface area contributed by atoms with E-state index in [4.69, 9.17) is 11.6 Å². The maximum absolute atomic E-state index is 13.4. The number of benzene rings is 1. The minimum absolute atomic E-state index is 0.0637. The van der Waals surface area contributed by atoms with Crippen molar-refractivity contribution >= 4 is 70.7 Å². The normalized spacial score (nSPS) is 12.8. The zero-order valence-corrected chi connectivity index (χ0v) is 14.5. The third-order valence-electron chi connectivity index (χ3n) is 2.19.